The van der Waals surface area contributed by atoms with E-state index >= 15 is 0 Å². The zero-order valence-electron chi connectivity index (χ0n) is 13.8. The fourth-order valence-corrected chi connectivity index (χ4v) is 3.75. The predicted molar refractivity (Wildman–Crippen MR) is 89.6 cm³/mol. The third-order valence-electron chi connectivity index (χ3n) is 4.91. The minimum atomic E-state index is -0.672. The molecule has 23 heavy (non-hydrogen) atoms. The van der Waals surface area contributed by atoms with Crippen LogP contribution in [0.4, 0.5) is 0 Å². The minimum Gasteiger partial charge on any atom is -0.457 e. The van der Waals surface area contributed by atoms with E-state index in [9.17, 15) is 9.59 Å². The van der Waals surface area contributed by atoms with E-state index in [1.165, 1.54) is 0 Å². The average molecular weight is 310 g/mol. The van der Waals surface area contributed by atoms with E-state index in [1.54, 1.807) is 0 Å². The first kappa shape index (κ1) is 15.7. The molecule has 1 fully saturated rings. The van der Waals surface area contributed by atoms with Crippen LogP contribution in [0.15, 0.2) is 48.6 Å². The van der Waals surface area contributed by atoms with Crippen molar-refractivity contribution in [2.45, 2.75) is 39.7 Å². The van der Waals surface area contributed by atoms with E-state index in [4.69, 9.17) is 4.74 Å². The Hall–Kier alpha value is -2.16. The molecule has 3 nitrogen and oxygen atoms in total. The highest BCUT2D eigenvalue weighted by molar-refractivity contribution is 6.26. The third kappa shape index (κ3) is 2.44. The van der Waals surface area contributed by atoms with E-state index in [0.717, 1.165) is 11.1 Å². The third-order valence-corrected chi connectivity index (χ3v) is 4.91. The number of Topliss-reactive ketones (excluding diaryl/α,β-unsaturated/α-hetero) is 1. The van der Waals surface area contributed by atoms with Crippen LogP contribution < -0.4 is 0 Å². The topological polar surface area (TPSA) is 43.4 Å². The Labute approximate surface area is 137 Å². The summed E-state index contributed by atoms with van der Waals surface area (Å²) >= 11 is 0. The molecule has 2 aliphatic rings. The second kappa shape index (κ2) is 5.48. The molecule has 0 saturated carbocycles. The van der Waals surface area contributed by atoms with E-state index < -0.39 is 16.9 Å². The SMILES string of the molecule is C/C=C/[C@@H]1OC(=O)C(C)(C)C[C@]12CC=C(c1ccccc1)C2=O. The number of allylic oxidation sites excluding steroid dienone is 3. The lowest BCUT2D eigenvalue weighted by Gasteiger charge is -2.44. The van der Waals surface area contributed by atoms with Crippen molar-refractivity contribution in [2.75, 3.05) is 0 Å². The smallest absolute Gasteiger partial charge is 0.312 e. The molecule has 0 unspecified atom stereocenters. The number of ether oxygens (including phenoxy) is 1. The Morgan fingerprint density at radius 2 is 1.87 bits per heavy atom. The normalized spacial score (nSPS) is 29.9. The quantitative estimate of drug-likeness (QED) is 0.613. The van der Waals surface area contributed by atoms with Gasteiger partial charge in [-0.25, -0.2) is 0 Å². The molecule has 1 spiro atoms. The molecule has 0 radical (unpaired) electrons. The number of hydrogen-bond acceptors (Lipinski definition) is 3. The summed E-state index contributed by atoms with van der Waals surface area (Å²) in [5.74, 6) is -0.139. The van der Waals surface area contributed by atoms with Gasteiger partial charge in [-0.2, -0.15) is 0 Å². The van der Waals surface area contributed by atoms with Crippen molar-refractivity contribution in [3.05, 3.63) is 54.1 Å². The first-order chi connectivity index (χ1) is 10.9. The summed E-state index contributed by atoms with van der Waals surface area (Å²) in [4.78, 5) is 25.5. The van der Waals surface area contributed by atoms with Gasteiger partial charge in [0.2, 0.25) is 0 Å². The molecule has 1 aromatic rings. The van der Waals surface area contributed by atoms with Crippen molar-refractivity contribution < 1.29 is 14.3 Å². The Bertz CT molecular complexity index is 697. The lowest BCUT2D eigenvalue weighted by atomic mass is 9.64. The van der Waals surface area contributed by atoms with Crippen LogP contribution in [0.25, 0.3) is 5.57 Å². The fraction of sp³-hybridized carbons (Fsp3) is 0.400. The molecular weight excluding hydrogens is 288 g/mol. The van der Waals surface area contributed by atoms with E-state index in [1.807, 2.05) is 69.3 Å². The maximum Gasteiger partial charge on any atom is 0.312 e. The highest BCUT2D eigenvalue weighted by Gasteiger charge is 2.58. The van der Waals surface area contributed by atoms with Gasteiger partial charge < -0.3 is 4.74 Å². The molecule has 1 aliphatic carbocycles. The molecule has 1 heterocycles. The number of benzene rings is 1. The van der Waals surface area contributed by atoms with Gasteiger partial charge in [0.05, 0.1) is 10.8 Å². The maximum absolute atomic E-state index is 13.3. The number of carbonyl (C=O) groups excluding carboxylic acids is 2. The Balaban J connectivity index is 2.00. The Morgan fingerprint density at radius 3 is 2.52 bits per heavy atom. The molecule has 120 valence electrons. The molecule has 0 bridgehead atoms. The second-order valence-electron chi connectivity index (χ2n) is 7.09. The maximum atomic E-state index is 13.3. The van der Waals surface area contributed by atoms with Crippen molar-refractivity contribution in [2.24, 2.45) is 10.8 Å². The van der Waals surface area contributed by atoms with Crippen LogP contribution in [0.5, 0.6) is 0 Å². The summed E-state index contributed by atoms with van der Waals surface area (Å²) in [6, 6.07) is 9.71. The summed E-state index contributed by atoms with van der Waals surface area (Å²) in [6.07, 6.45) is 6.33. The molecule has 0 N–H and O–H groups in total. The van der Waals surface area contributed by atoms with Gasteiger partial charge in [-0.15, -0.1) is 0 Å². The van der Waals surface area contributed by atoms with Crippen LogP contribution in [0.2, 0.25) is 0 Å². The van der Waals surface area contributed by atoms with Crippen molar-refractivity contribution in [1.82, 2.24) is 0 Å². The van der Waals surface area contributed by atoms with Crippen LogP contribution >= 0.6 is 0 Å². The standard InChI is InChI=1S/C20H22O3/c1-4-8-16-20(13-19(2,3)18(22)23-16)12-11-15(17(20)21)14-9-6-5-7-10-14/h4-11,16H,12-13H2,1-3H3/b8-4+/t16-,20+/m0/s1. The molecule has 0 amide bonds. The van der Waals surface area contributed by atoms with Gasteiger partial charge in [-0.3, -0.25) is 9.59 Å². The monoisotopic (exact) mass is 310 g/mol. The highest BCUT2D eigenvalue weighted by Crippen LogP contribution is 2.52. The summed E-state index contributed by atoms with van der Waals surface area (Å²) in [6.45, 7) is 5.60. The second-order valence-corrected chi connectivity index (χ2v) is 7.09. The van der Waals surface area contributed by atoms with Crippen LogP contribution in [-0.4, -0.2) is 17.9 Å². The van der Waals surface area contributed by atoms with Crippen molar-refractivity contribution in [3.8, 4) is 0 Å². The largest absolute Gasteiger partial charge is 0.457 e. The molecule has 3 heteroatoms. The summed E-state index contributed by atoms with van der Waals surface area (Å²) < 4.78 is 5.65. The molecule has 1 aromatic carbocycles. The van der Waals surface area contributed by atoms with Crippen LogP contribution in [-0.2, 0) is 14.3 Å². The van der Waals surface area contributed by atoms with Gasteiger partial charge in [0.15, 0.2) is 5.78 Å². The lowest BCUT2D eigenvalue weighted by molar-refractivity contribution is -0.179. The number of cyclic esters (lactones) is 1. The van der Waals surface area contributed by atoms with Gasteiger partial charge in [0.25, 0.3) is 0 Å². The zero-order valence-corrected chi connectivity index (χ0v) is 13.8. The molecule has 2 atom stereocenters. The molecule has 0 aromatic heterocycles. The average Bonchev–Trinajstić information content (AvgIpc) is 2.83. The number of hydrogen-bond donors (Lipinski definition) is 0. The van der Waals surface area contributed by atoms with E-state index in [0.29, 0.717) is 12.8 Å². The van der Waals surface area contributed by atoms with Crippen molar-refractivity contribution >= 4 is 17.3 Å². The predicted octanol–water partition coefficient (Wildman–Crippen LogP) is 3.95. The van der Waals surface area contributed by atoms with Crippen molar-refractivity contribution in [3.63, 3.8) is 0 Å². The van der Waals surface area contributed by atoms with Crippen molar-refractivity contribution in [1.29, 1.82) is 0 Å². The van der Waals surface area contributed by atoms with Gasteiger partial charge >= 0.3 is 5.97 Å². The van der Waals surface area contributed by atoms with Gasteiger partial charge in [-0.1, -0.05) is 42.5 Å². The molecule has 1 saturated heterocycles. The first-order valence-electron chi connectivity index (χ1n) is 8.05. The molecular formula is C20H22O3. The van der Waals surface area contributed by atoms with E-state index in [-0.39, 0.29) is 11.8 Å². The fourth-order valence-electron chi connectivity index (χ4n) is 3.75. The summed E-state index contributed by atoms with van der Waals surface area (Å²) in [7, 11) is 0. The van der Waals surface area contributed by atoms with Gasteiger partial charge in [0.1, 0.15) is 6.10 Å². The highest BCUT2D eigenvalue weighted by atomic mass is 16.5. The summed E-state index contributed by atoms with van der Waals surface area (Å²) in [5.41, 5.74) is 0.361. The minimum absolute atomic E-state index is 0.0902. The van der Waals surface area contributed by atoms with Crippen LogP contribution in [0.3, 0.4) is 0 Å². The number of rotatable bonds is 2. The lowest BCUT2D eigenvalue weighted by Crippen LogP contribution is -2.52. The van der Waals surface area contributed by atoms with Crippen LogP contribution in [0, 0.1) is 10.8 Å². The Morgan fingerprint density at radius 1 is 1.17 bits per heavy atom. The molecule has 1 aliphatic heterocycles. The first-order valence-corrected chi connectivity index (χ1v) is 8.05. The zero-order chi connectivity index (χ0) is 16.7. The Kier molecular flexibility index (Phi) is 3.75. The van der Waals surface area contributed by atoms with Gasteiger partial charge in [0, 0.05) is 5.57 Å². The van der Waals surface area contributed by atoms with Crippen LogP contribution in [0.1, 0.15) is 39.2 Å². The summed E-state index contributed by atoms with van der Waals surface area (Å²) in [5, 5.41) is 0. The number of ketones is 1. The molecule has 3 rings (SSSR count). The van der Waals surface area contributed by atoms with E-state index in [2.05, 4.69) is 0 Å². The number of carbonyl (C=O) groups is 2. The van der Waals surface area contributed by atoms with Gasteiger partial charge in [-0.05, 0) is 45.3 Å². The number of esters is 1.